The molecule has 2 atom stereocenters. The molecule has 1 saturated heterocycles. The highest BCUT2D eigenvalue weighted by Crippen LogP contribution is 2.22. The highest BCUT2D eigenvalue weighted by Gasteiger charge is 2.23. The van der Waals surface area contributed by atoms with Crippen molar-refractivity contribution in [2.24, 2.45) is 0 Å². The summed E-state index contributed by atoms with van der Waals surface area (Å²) < 4.78 is 5.46. The molecule has 1 rings (SSSR count). The molecule has 60 valence electrons. The van der Waals surface area contributed by atoms with Gasteiger partial charge in [-0.15, -0.1) is 11.6 Å². The summed E-state index contributed by atoms with van der Waals surface area (Å²) in [5.74, 6) is 0.585. The van der Waals surface area contributed by atoms with E-state index in [0.29, 0.717) is 5.88 Å². The van der Waals surface area contributed by atoms with Crippen LogP contribution in [0, 0.1) is 0 Å². The number of hydrogen-bond acceptors (Lipinski definition) is 2. The van der Waals surface area contributed by atoms with E-state index in [4.69, 9.17) is 21.4 Å². The van der Waals surface area contributed by atoms with Crippen LogP contribution in [0.3, 0.4) is 0 Å². The van der Waals surface area contributed by atoms with E-state index in [1.54, 1.807) is 0 Å². The molecule has 0 aromatic carbocycles. The molecule has 0 aromatic heterocycles. The topological polar surface area (TPSA) is 29.5 Å². The minimum Gasteiger partial charge on any atom is -0.396 e. The maximum absolute atomic E-state index is 8.57. The van der Waals surface area contributed by atoms with E-state index in [1.165, 1.54) is 0 Å². The van der Waals surface area contributed by atoms with Gasteiger partial charge < -0.3 is 9.84 Å². The first kappa shape index (κ1) is 8.31. The number of rotatable bonds is 3. The van der Waals surface area contributed by atoms with Crippen molar-refractivity contribution in [3.8, 4) is 0 Å². The van der Waals surface area contributed by atoms with Gasteiger partial charge in [0.25, 0.3) is 0 Å². The zero-order chi connectivity index (χ0) is 7.40. The summed E-state index contributed by atoms with van der Waals surface area (Å²) in [5, 5.41) is 8.57. The summed E-state index contributed by atoms with van der Waals surface area (Å²) in [6, 6.07) is 0. The first-order valence-electron chi connectivity index (χ1n) is 3.69. The summed E-state index contributed by atoms with van der Waals surface area (Å²) in [4.78, 5) is 0. The Morgan fingerprint density at radius 2 is 2.10 bits per heavy atom. The Morgan fingerprint density at radius 3 is 2.60 bits per heavy atom. The monoisotopic (exact) mass is 164 g/mol. The van der Waals surface area contributed by atoms with Crippen molar-refractivity contribution in [3.05, 3.63) is 0 Å². The van der Waals surface area contributed by atoms with Crippen LogP contribution in [0.4, 0.5) is 0 Å². The Morgan fingerprint density at radius 1 is 1.40 bits per heavy atom. The van der Waals surface area contributed by atoms with Crippen LogP contribution in [0.15, 0.2) is 0 Å². The summed E-state index contributed by atoms with van der Waals surface area (Å²) in [6.45, 7) is 0.222. The average Bonchev–Trinajstić information content (AvgIpc) is 2.37. The van der Waals surface area contributed by atoms with Crippen molar-refractivity contribution in [1.82, 2.24) is 0 Å². The summed E-state index contributed by atoms with van der Waals surface area (Å²) in [7, 11) is 0. The minimum atomic E-state index is 0.222. The van der Waals surface area contributed by atoms with Crippen molar-refractivity contribution < 1.29 is 9.84 Å². The fourth-order valence-corrected chi connectivity index (χ4v) is 1.48. The number of halogens is 1. The third-order valence-corrected chi connectivity index (χ3v) is 2.16. The molecule has 0 saturated carbocycles. The molecule has 1 fully saturated rings. The lowest BCUT2D eigenvalue weighted by molar-refractivity contribution is 0.0422. The zero-order valence-electron chi connectivity index (χ0n) is 5.92. The fourth-order valence-electron chi connectivity index (χ4n) is 1.25. The molecule has 1 unspecified atom stereocenters. The second-order valence-corrected chi connectivity index (χ2v) is 2.93. The van der Waals surface area contributed by atoms with Crippen LogP contribution in [0.2, 0.25) is 0 Å². The number of aliphatic hydroxyl groups excluding tert-OH is 1. The molecule has 1 aliphatic rings. The lowest BCUT2D eigenvalue weighted by Gasteiger charge is -2.09. The predicted octanol–water partition coefficient (Wildman–Crippen LogP) is 1.16. The van der Waals surface area contributed by atoms with Crippen molar-refractivity contribution >= 4 is 11.6 Å². The minimum absolute atomic E-state index is 0.222. The Kier molecular flexibility index (Phi) is 3.46. The van der Waals surface area contributed by atoms with Gasteiger partial charge in [0.2, 0.25) is 0 Å². The molecule has 2 nitrogen and oxygen atoms in total. The molecular formula is C7H13ClO2. The van der Waals surface area contributed by atoms with Crippen LogP contribution in [-0.2, 0) is 4.74 Å². The number of ether oxygens (including phenoxy) is 1. The van der Waals surface area contributed by atoms with Gasteiger partial charge in [-0.05, 0) is 19.3 Å². The Hall–Kier alpha value is 0.210. The fraction of sp³-hybridized carbons (Fsp3) is 1.00. The van der Waals surface area contributed by atoms with Gasteiger partial charge >= 0.3 is 0 Å². The normalized spacial score (nSPS) is 33.0. The standard InChI is InChI=1S/C7H13ClO2/c8-5-7-2-1-6(10-7)3-4-9/h6-7,9H,1-5H2/t6?,7-/m1/s1. The Labute approximate surface area is 66.1 Å². The Balaban J connectivity index is 2.15. The van der Waals surface area contributed by atoms with Gasteiger partial charge in [0, 0.05) is 12.5 Å². The first-order valence-corrected chi connectivity index (χ1v) is 4.22. The molecule has 1 N–H and O–H groups in total. The number of alkyl halides is 1. The quantitative estimate of drug-likeness (QED) is 0.635. The van der Waals surface area contributed by atoms with E-state index in [9.17, 15) is 0 Å². The second-order valence-electron chi connectivity index (χ2n) is 2.62. The maximum Gasteiger partial charge on any atom is 0.0715 e. The van der Waals surface area contributed by atoms with E-state index in [0.717, 1.165) is 19.3 Å². The molecule has 1 aliphatic heterocycles. The number of aliphatic hydroxyl groups is 1. The van der Waals surface area contributed by atoms with Crippen LogP contribution >= 0.6 is 11.6 Å². The summed E-state index contributed by atoms with van der Waals surface area (Å²) >= 11 is 5.59. The molecule has 0 aromatic rings. The van der Waals surface area contributed by atoms with Gasteiger partial charge in [-0.25, -0.2) is 0 Å². The van der Waals surface area contributed by atoms with Crippen LogP contribution in [0.25, 0.3) is 0 Å². The molecule has 0 radical (unpaired) electrons. The van der Waals surface area contributed by atoms with Gasteiger partial charge in [-0.1, -0.05) is 0 Å². The summed E-state index contributed by atoms with van der Waals surface area (Å²) in [5.41, 5.74) is 0. The molecular weight excluding hydrogens is 152 g/mol. The maximum atomic E-state index is 8.57. The van der Waals surface area contributed by atoms with Gasteiger partial charge in [-0.3, -0.25) is 0 Å². The molecule has 1 heterocycles. The third kappa shape index (κ3) is 2.11. The van der Waals surface area contributed by atoms with Crippen molar-refractivity contribution in [2.45, 2.75) is 31.5 Å². The highest BCUT2D eigenvalue weighted by molar-refractivity contribution is 6.18. The largest absolute Gasteiger partial charge is 0.396 e. The number of hydrogen-bond donors (Lipinski definition) is 1. The van der Waals surface area contributed by atoms with E-state index in [2.05, 4.69) is 0 Å². The van der Waals surface area contributed by atoms with Crippen LogP contribution < -0.4 is 0 Å². The first-order chi connectivity index (χ1) is 4.86. The van der Waals surface area contributed by atoms with Gasteiger partial charge in [0.05, 0.1) is 12.2 Å². The van der Waals surface area contributed by atoms with E-state index < -0.39 is 0 Å². The molecule has 0 aliphatic carbocycles. The van der Waals surface area contributed by atoms with Crippen LogP contribution in [0.1, 0.15) is 19.3 Å². The smallest absolute Gasteiger partial charge is 0.0715 e. The molecule has 10 heavy (non-hydrogen) atoms. The SMILES string of the molecule is OCCC1CC[C@H](CCl)O1. The highest BCUT2D eigenvalue weighted by atomic mass is 35.5. The lowest BCUT2D eigenvalue weighted by Crippen LogP contribution is -2.12. The summed E-state index contributed by atoms with van der Waals surface area (Å²) in [6.07, 6.45) is 3.35. The zero-order valence-corrected chi connectivity index (χ0v) is 6.68. The van der Waals surface area contributed by atoms with Gasteiger partial charge in [-0.2, -0.15) is 0 Å². The van der Waals surface area contributed by atoms with Crippen molar-refractivity contribution in [2.75, 3.05) is 12.5 Å². The van der Waals surface area contributed by atoms with Crippen LogP contribution in [0.5, 0.6) is 0 Å². The van der Waals surface area contributed by atoms with Crippen LogP contribution in [-0.4, -0.2) is 29.8 Å². The molecule has 0 bridgehead atoms. The third-order valence-electron chi connectivity index (χ3n) is 1.82. The predicted molar refractivity (Wildman–Crippen MR) is 40.3 cm³/mol. The average molecular weight is 165 g/mol. The van der Waals surface area contributed by atoms with E-state index in [-0.39, 0.29) is 18.8 Å². The van der Waals surface area contributed by atoms with E-state index in [1.807, 2.05) is 0 Å². The van der Waals surface area contributed by atoms with Crippen molar-refractivity contribution in [1.29, 1.82) is 0 Å². The lowest BCUT2D eigenvalue weighted by atomic mass is 10.2. The van der Waals surface area contributed by atoms with Gasteiger partial charge in [0.15, 0.2) is 0 Å². The van der Waals surface area contributed by atoms with Gasteiger partial charge in [0.1, 0.15) is 0 Å². The molecule has 0 spiro atoms. The molecule has 0 amide bonds. The molecule has 3 heteroatoms. The Bertz CT molecular complexity index is 97.6. The second kappa shape index (κ2) is 4.16. The van der Waals surface area contributed by atoms with Crippen molar-refractivity contribution in [3.63, 3.8) is 0 Å². The van der Waals surface area contributed by atoms with E-state index >= 15 is 0 Å².